The van der Waals surface area contributed by atoms with E-state index < -0.39 is 5.60 Å². The molecule has 0 amide bonds. The third-order valence-corrected chi connectivity index (χ3v) is 4.07. The van der Waals surface area contributed by atoms with Crippen LogP contribution in [0.3, 0.4) is 0 Å². The minimum Gasteiger partial charge on any atom is -0.367 e. The predicted molar refractivity (Wildman–Crippen MR) is 84.4 cm³/mol. The molecule has 8 nitrogen and oxygen atoms in total. The molecular formula is C15H19N5O3. The van der Waals surface area contributed by atoms with Gasteiger partial charge in [-0.15, -0.1) is 0 Å². The summed E-state index contributed by atoms with van der Waals surface area (Å²) in [6.07, 6.45) is 5.32. The quantitative estimate of drug-likeness (QED) is 0.633. The summed E-state index contributed by atoms with van der Waals surface area (Å²) in [5.41, 5.74) is 1.16. The van der Waals surface area contributed by atoms with Crippen LogP contribution in [-0.4, -0.2) is 39.4 Å². The molecule has 0 saturated carbocycles. The number of nitrogens with zero attached hydrogens (tertiary/aromatic N) is 5. The second-order valence-corrected chi connectivity index (χ2v) is 6.02. The Balaban J connectivity index is 1.94. The molecule has 0 N–H and O–H groups in total. The highest BCUT2D eigenvalue weighted by atomic mass is 16.6. The zero-order valence-corrected chi connectivity index (χ0v) is 13.4. The lowest BCUT2D eigenvalue weighted by atomic mass is 9.97. The largest absolute Gasteiger partial charge is 0.367 e. The van der Waals surface area contributed by atoms with Crippen LogP contribution < -0.4 is 4.90 Å². The standard InChI is InChI=1S/C15H19N5O3/c1-11-6-13(20(21)22)14(16-7-11)19-4-5-23-15(2,10-19)12-8-17-18(3)9-12/h6-9H,4-5,10H2,1-3H3/t15-/m0/s1. The van der Waals surface area contributed by atoms with Crippen molar-refractivity contribution in [3.63, 3.8) is 0 Å². The summed E-state index contributed by atoms with van der Waals surface area (Å²) < 4.78 is 7.67. The van der Waals surface area contributed by atoms with Gasteiger partial charge in [0.05, 0.1) is 24.3 Å². The van der Waals surface area contributed by atoms with Crippen LogP contribution in [0.2, 0.25) is 0 Å². The first-order valence-electron chi connectivity index (χ1n) is 7.38. The van der Waals surface area contributed by atoms with E-state index in [1.54, 1.807) is 30.1 Å². The minimum absolute atomic E-state index is 0.0282. The Morgan fingerprint density at radius 2 is 2.22 bits per heavy atom. The van der Waals surface area contributed by atoms with E-state index in [4.69, 9.17) is 4.74 Å². The molecule has 3 rings (SSSR count). The van der Waals surface area contributed by atoms with Crippen molar-refractivity contribution in [2.45, 2.75) is 19.4 Å². The third kappa shape index (κ3) is 2.89. The van der Waals surface area contributed by atoms with Crippen LogP contribution in [0.25, 0.3) is 0 Å². The predicted octanol–water partition coefficient (Wildman–Crippen LogP) is 1.78. The van der Waals surface area contributed by atoms with Crippen molar-refractivity contribution in [2.24, 2.45) is 7.05 Å². The van der Waals surface area contributed by atoms with Gasteiger partial charge in [-0.1, -0.05) is 0 Å². The van der Waals surface area contributed by atoms with E-state index in [0.717, 1.165) is 11.1 Å². The summed E-state index contributed by atoms with van der Waals surface area (Å²) in [5.74, 6) is 0.388. The van der Waals surface area contributed by atoms with Gasteiger partial charge in [0.15, 0.2) is 0 Å². The van der Waals surface area contributed by atoms with Gasteiger partial charge in [0, 0.05) is 37.6 Å². The van der Waals surface area contributed by atoms with Gasteiger partial charge in [-0.2, -0.15) is 5.10 Å². The molecule has 0 unspecified atom stereocenters. The van der Waals surface area contributed by atoms with Crippen molar-refractivity contribution in [2.75, 3.05) is 24.6 Å². The van der Waals surface area contributed by atoms with Gasteiger partial charge < -0.3 is 9.64 Å². The Kier molecular flexibility index (Phi) is 3.77. The zero-order chi connectivity index (χ0) is 16.6. The SMILES string of the molecule is Cc1cnc(N2CCO[C@](C)(c3cnn(C)c3)C2)c([N+](=O)[O-])c1. The Morgan fingerprint density at radius 1 is 1.43 bits per heavy atom. The highest BCUT2D eigenvalue weighted by Crippen LogP contribution is 2.34. The van der Waals surface area contributed by atoms with Crippen LogP contribution in [0.15, 0.2) is 24.7 Å². The van der Waals surface area contributed by atoms with E-state index >= 15 is 0 Å². The molecule has 0 spiro atoms. The lowest BCUT2D eigenvalue weighted by Crippen LogP contribution is -2.48. The number of aromatic nitrogens is 3. The monoisotopic (exact) mass is 317 g/mol. The number of aryl methyl sites for hydroxylation is 2. The van der Waals surface area contributed by atoms with Crippen molar-refractivity contribution >= 4 is 11.5 Å². The molecule has 8 heteroatoms. The van der Waals surface area contributed by atoms with Crippen molar-refractivity contribution in [3.05, 3.63) is 45.9 Å². The average molecular weight is 317 g/mol. The van der Waals surface area contributed by atoms with Gasteiger partial charge in [-0.05, 0) is 19.4 Å². The van der Waals surface area contributed by atoms with Crippen LogP contribution >= 0.6 is 0 Å². The molecule has 0 radical (unpaired) electrons. The molecular weight excluding hydrogens is 298 g/mol. The van der Waals surface area contributed by atoms with Crippen LogP contribution in [-0.2, 0) is 17.4 Å². The van der Waals surface area contributed by atoms with Crippen molar-refractivity contribution in [3.8, 4) is 0 Å². The molecule has 122 valence electrons. The molecule has 1 atom stereocenters. The molecule has 1 fully saturated rings. The maximum absolute atomic E-state index is 11.3. The Hall–Kier alpha value is -2.48. The number of nitro groups is 1. The van der Waals surface area contributed by atoms with Gasteiger partial charge in [-0.25, -0.2) is 4.98 Å². The maximum atomic E-state index is 11.3. The fourth-order valence-corrected chi connectivity index (χ4v) is 2.84. The van der Waals surface area contributed by atoms with Gasteiger partial charge in [-0.3, -0.25) is 14.8 Å². The second kappa shape index (κ2) is 5.62. The first kappa shape index (κ1) is 15.4. The molecule has 0 aliphatic carbocycles. The van der Waals surface area contributed by atoms with Crippen molar-refractivity contribution in [1.29, 1.82) is 0 Å². The van der Waals surface area contributed by atoms with Crippen molar-refractivity contribution < 1.29 is 9.66 Å². The Bertz CT molecular complexity index is 744. The number of hydrogen-bond donors (Lipinski definition) is 0. The number of hydrogen-bond acceptors (Lipinski definition) is 6. The summed E-state index contributed by atoms with van der Waals surface area (Å²) in [4.78, 5) is 17.2. The van der Waals surface area contributed by atoms with E-state index in [2.05, 4.69) is 10.1 Å². The topological polar surface area (TPSA) is 86.3 Å². The van der Waals surface area contributed by atoms with Crippen LogP contribution in [0, 0.1) is 17.0 Å². The number of ether oxygens (including phenoxy) is 1. The first-order chi connectivity index (χ1) is 10.9. The zero-order valence-electron chi connectivity index (χ0n) is 13.4. The third-order valence-electron chi connectivity index (χ3n) is 4.07. The molecule has 2 aromatic heterocycles. The number of rotatable bonds is 3. The summed E-state index contributed by atoms with van der Waals surface area (Å²) in [6.45, 7) is 5.28. The van der Waals surface area contributed by atoms with E-state index in [0.29, 0.717) is 25.5 Å². The van der Waals surface area contributed by atoms with Gasteiger partial charge in [0.25, 0.3) is 0 Å². The van der Waals surface area contributed by atoms with Crippen molar-refractivity contribution in [1.82, 2.24) is 14.8 Å². The molecule has 1 aliphatic rings. The smallest absolute Gasteiger partial charge is 0.311 e. The lowest BCUT2D eigenvalue weighted by molar-refractivity contribution is -0.384. The number of morpholine rings is 1. The van der Waals surface area contributed by atoms with E-state index in [-0.39, 0.29) is 10.6 Å². The summed E-state index contributed by atoms with van der Waals surface area (Å²) in [5, 5.41) is 15.5. The normalized spacial score (nSPS) is 21.4. The Labute approximate surface area is 133 Å². The highest BCUT2D eigenvalue weighted by Gasteiger charge is 2.37. The van der Waals surface area contributed by atoms with Gasteiger partial charge in [0.2, 0.25) is 5.82 Å². The fraction of sp³-hybridized carbons (Fsp3) is 0.467. The van der Waals surface area contributed by atoms with Crippen LogP contribution in [0.5, 0.6) is 0 Å². The molecule has 23 heavy (non-hydrogen) atoms. The minimum atomic E-state index is -0.576. The summed E-state index contributed by atoms with van der Waals surface area (Å²) >= 11 is 0. The van der Waals surface area contributed by atoms with Gasteiger partial charge in [0.1, 0.15) is 5.60 Å². The first-order valence-corrected chi connectivity index (χ1v) is 7.38. The maximum Gasteiger partial charge on any atom is 0.311 e. The summed E-state index contributed by atoms with van der Waals surface area (Å²) in [7, 11) is 1.85. The highest BCUT2D eigenvalue weighted by molar-refractivity contribution is 5.59. The van der Waals surface area contributed by atoms with Crippen LogP contribution in [0.1, 0.15) is 18.1 Å². The van der Waals surface area contributed by atoms with E-state index in [1.807, 2.05) is 25.1 Å². The Morgan fingerprint density at radius 3 is 2.87 bits per heavy atom. The number of pyridine rings is 1. The molecule has 2 aromatic rings. The van der Waals surface area contributed by atoms with E-state index in [9.17, 15) is 10.1 Å². The molecule has 0 aromatic carbocycles. The lowest BCUT2D eigenvalue weighted by Gasteiger charge is -2.40. The average Bonchev–Trinajstić information content (AvgIpc) is 2.94. The molecule has 3 heterocycles. The van der Waals surface area contributed by atoms with E-state index in [1.165, 1.54) is 0 Å². The summed E-state index contributed by atoms with van der Waals surface area (Å²) in [6, 6.07) is 1.55. The second-order valence-electron chi connectivity index (χ2n) is 6.02. The fourth-order valence-electron chi connectivity index (χ4n) is 2.84. The molecule has 1 saturated heterocycles. The molecule has 0 bridgehead atoms. The van der Waals surface area contributed by atoms with Gasteiger partial charge >= 0.3 is 5.69 Å². The molecule has 1 aliphatic heterocycles. The van der Waals surface area contributed by atoms with Crippen LogP contribution in [0.4, 0.5) is 11.5 Å². The number of anilines is 1.